The molecule has 7 nitrogen and oxygen atoms in total. The van der Waals surface area contributed by atoms with Crippen molar-refractivity contribution in [3.63, 3.8) is 0 Å². The first-order valence-corrected chi connectivity index (χ1v) is 10.5. The van der Waals surface area contributed by atoms with Crippen LogP contribution in [0.5, 0.6) is 0 Å². The van der Waals surface area contributed by atoms with Gasteiger partial charge in [-0.1, -0.05) is 0 Å². The molecule has 0 aliphatic carbocycles. The molecule has 0 spiro atoms. The Morgan fingerprint density at radius 2 is 1.78 bits per heavy atom. The second-order valence-corrected chi connectivity index (χ2v) is 8.73. The predicted octanol–water partition coefficient (Wildman–Crippen LogP) is 1.27. The average Bonchev–Trinajstić information content (AvgIpc) is 2.69. The summed E-state index contributed by atoms with van der Waals surface area (Å²) < 4.78 is 0. The van der Waals surface area contributed by atoms with Crippen LogP contribution in [0.15, 0.2) is 12.4 Å². The van der Waals surface area contributed by atoms with E-state index in [1.54, 1.807) is 6.33 Å². The lowest BCUT2D eigenvalue weighted by atomic mass is 9.76. The van der Waals surface area contributed by atoms with Crippen molar-refractivity contribution in [3.05, 3.63) is 12.4 Å². The number of hydrogen-bond donors (Lipinski definition) is 1. The van der Waals surface area contributed by atoms with Gasteiger partial charge in [0.1, 0.15) is 18.0 Å². The summed E-state index contributed by atoms with van der Waals surface area (Å²) in [6, 6.07) is 2.54. The summed E-state index contributed by atoms with van der Waals surface area (Å²) >= 11 is 0. The van der Waals surface area contributed by atoms with Crippen LogP contribution < -0.4 is 9.80 Å². The van der Waals surface area contributed by atoms with Gasteiger partial charge in [0.05, 0.1) is 6.10 Å². The fourth-order valence-corrected chi connectivity index (χ4v) is 5.57. The van der Waals surface area contributed by atoms with Crippen molar-refractivity contribution in [1.82, 2.24) is 14.9 Å². The van der Waals surface area contributed by atoms with Gasteiger partial charge in [0.2, 0.25) is 5.91 Å². The maximum atomic E-state index is 12.3. The first-order valence-electron chi connectivity index (χ1n) is 10.5. The second kappa shape index (κ2) is 6.93. The number of nitrogens with zero attached hydrogens (tertiary/aromatic N) is 5. The minimum Gasteiger partial charge on any atom is -0.393 e. The number of anilines is 2. The number of piperidine rings is 4. The van der Waals surface area contributed by atoms with E-state index >= 15 is 0 Å². The Kier molecular flexibility index (Phi) is 4.42. The molecule has 146 valence electrons. The van der Waals surface area contributed by atoms with Gasteiger partial charge in [0, 0.05) is 51.3 Å². The first-order chi connectivity index (χ1) is 13.2. The minimum atomic E-state index is -0.176. The van der Waals surface area contributed by atoms with Gasteiger partial charge < -0.3 is 19.8 Å². The van der Waals surface area contributed by atoms with Crippen LogP contribution in [0.3, 0.4) is 0 Å². The highest BCUT2D eigenvalue weighted by Gasteiger charge is 2.44. The van der Waals surface area contributed by atoms with Gasteiger partial charge in [-0.15, -0.1) is 0 Å². The number of carbonyl (C=O) groups excluding carboxylic acids is 1. The normalized spacial score (nSPS) is 31.8. The number of rotatable bonds is 2. The summed E-state index contributed by atoms with van der Waals surface area (Å²) in [5.74, 6) is 3.45. The molecule has 5 rings (SSSR count). The van der Waals surface area contributed by atoms with E-state index in [0.29, 0.717) is 23.8 Å². The van der Waals surface area contributed by atoms with E-state index in [1.165, 1.54) is 6.42 Å². The molecule has 4 aliphatic rings. The summed E-state index contributed by atoms with van der Waals surface area (Å²) in [5, 5.41) is 9.74. The zero-order valence-corrected chi connectivity index (χ0v) is 15.8. The van der Waals surface area contributed by atoms with E-state index in [2.05, 4.69) is 30.7 Å². The molecular weight excluding hydrogens is 342 g/mol. The lowest BCUT2D eigenvalue weighted by Gasteiger charge is -2.52. The van der Waals surface area contributed by atoms with Crippen molar-refractivity contribution in [2.45, 2.75) is 50.7 Å². The van der Waals surface area contributed by atoms with E-state index in [9.17, 15) is 9.90 Å². The predicted molar refractivity (Wildman–Crippen MR) is 103 cm³/mol. The third-order valence-electron chi connectivity index (χ3n) is 6.93. The van der Waals surface area contributed by atoms with E-state index in [-0.39, 0.29) is 6.10 Å². The molecule has 0 aromatic carbocycles. The molecule has 2 bridgehead atoms. The molecule has 0 saturated carbocycles. The number of hydrogen-bond acceptors (Lipinski definition) is 6. The number of carbonyl (C=O) groups is 1. The summed E-state index contributed by atoms with van der Waals surface area (Å²) in [5.41, 5.74) is 0. The lowest BCUT2D eigenvalue weighted by molar-refractivity contribution is -0.142. The molecule has 1 aromatic heterocycles. The van der Waals surface area contributed by atoms with Crippen molar-refractivity contribution in [2.24, 2.45) is 11.8 Å². The largest absolute Gasteiger partial charge is 0.393 e. The summed E-state index contributed by atoms with van der Waals surface area (Å²) in [7, 11) is 0. The van der Waals surface area contributed by atoms with Crippen molar-refractivity contribution in [3.8, 4) is 0 Å². The zero-order valence-electron chi connectivity index (χ0n) is 15.8. The van der Waals surface area contributed by atoms with E-state index in [4.69, 9.17) is 0 Å². The topological polar surface area (TPSA) is 72.8 Å². The zero-order chi connectivity index (χ0) is 18.4. The number of fused-ring (bicyclic) bond motifs is 4. The van der Waals surface area contributed by atoms with Crippen LogP contribution in [-0.4, -0.2) is 70.8 Å². The highest BCUT2D eigenvalue weighted by Crippen LogP contribution is 2.39. The summed E-state index contributed by atoms with van der Waals surface area (Å²) in [4.78, 5) is 28.2. The Balaban J connectivity index is 1.33. The highest BCUT2D eigenvalue weighted by molar-refractivity contribution is 5.77. The van der Waals surface area contributed by atoms with E-state index < -0.39 is 0 Å². The van der Waals surface area contributed by atoms with Gasteiger partial charge in [0.15, 0.2) is 0 Å². The third-order valence-corrected chi connectivity index (χ3v) is 6.93. The van der Waals surface area contributed by atoms with Crippen molar-refractivity contribution < 1.29 is 9.90 Å². The molecular formula is C20H29N5O2. The van der Waals surface area contributed by atoms with E-state index in [0.717, 1.165) is 76.5 Å². The molecule has 4 aliphatic heterocycles. The lowest BCUT2D eigenvalue weighted by Crippen LogP contribution is -2.60. The van der Waals surface area contributed by atoms with Crippen LogP contribution in [-0.2, 0) is 4.79 Å². The van der Waals surface area contributed by atoms with Crippen LogP contribution in [0, 0.1) is 11.8 Å². The Bertz CT molecular complexity index is 705. The Morgan fingerprint density at radius 3 is 2.59 bits per heavy atom. The molecule has 1 N–H and O–H groups in total. The van der Waals surface area contributed by atoms with Crippen LogP contribution in [0.2, 0.25) is 0 Å². The molecule has 0 radical (unpaired) electrons. The first kappa shape index (κ1) is 17.2. The molecule has 27 heavy (non-hydrogen) atoms. The minimum absolute atomic E-state index is 0.176. The molecule has 3 atom stereocenters. The Hall–Kier alpha value is -1.89. The fraction of sp³-hybridized carbons (Fsp3) is 0.750. The van der Waals surface area contributed by atoms with Crippen LogP contribution in [0.4, 0.5) is 11.6 Å². The van der Waals surface area contributed by atoms with Crippen LogP contribution in [0.1, 0.15) is 38.5 Å². The quantitative estimate of drug-likeness (QED) is 0.844. The average molecular weight is 371 g/mol. The molecule has 4 fully saturated rings. The molecule has 1 amide bonds. The monoisotopic (exact) mass is 371 g/mol. The molecule has 5 heterocycles. The van der Waals surface area contributed by atoms with Crippen molar-refractivity contribution >= 4 is 17.5 Å². The number of aromatic nitrogens is 2. The SMILES string of the molecule is O=C1CCC[C@H]2[C@@H]3C[C@H](CN(c4cc(N5CCC(O)CC5)ncn4)C3)CN12. The standard InChI is InChI=1S/C20H29N5O2/c26-16-4-6-23(7-5-16)18-9-19(22-13-21-18)24-10-14-8-15(12-24)17-2-1-3-20(27)25(17)11-14/h9,13-17,26H,1-8,10-12H2/t14-,15-,17+/m1/s1. The van der Waals surface area contributed by atoms with Gasteiger partial charge in [-0.05, 0) is 43.9 Å². The maximum Gasteiger partial charge on any atom is 0.222 e. The number of aliphatic hydroxyl groups is 1. The second-order valence-electron chi connectivity index (χ2n) is 8.73. The van der Waals surface area contributed by atoms with Gasteiger partial charge in [-0.25, -0.2) is 9.97 Å². The molecule has 0 unspecified atom stereocenters. The van der Waals surface area contributed by atoms with Gasteiger partial charge in [0.25, 0.3) is 0 Å². The van der Waals surface area contributed by atoms with Crippen LogP contribution >= 0.6 is 0 Å². The summed E-state index contributed by atoms with van der Waals surface area (Å²) in [6.07, 6.45) is 7.28. The Morgan fingerprint density at radius 1 is 1.00 bits per heavy atom. The number of amides is 1. The number of aliphatic hydroxyl groups excluding tert-OH is 1. The highest BCUT2D eigenvalue weighted by atomic mass is 16.3. The fourth-order valence-electron chi connectivity index (χ4n) is 5.57. The van der Waals surface area contributed by atoms with Crippen molar-refractivity contribution in [1.29, 1.82) is 0 Å². The smallest absolute Gasteiger partial charge is 0.222 e. The van der Waals surface area contributed by atoms with Gasteiger partial charge in [-0.2, -0.15) is 0 Å². The molecule has 7 heteroatoms. The maximum absolute atomic E-state index is 12.3. The van der Waals surface area contributed by atoms with Gasteiger partial charge >= 0.3 is 0 Å². The summed E-state index contributed by atoms with van der Waals surface area (Å²) in [6.45, 7) is 4.57. The van der Waals surface area contributed by atoms with Crippen LogP contribution in [0.25, 0.3) is 0 Å². The van der Waals surface area contributed by atoms with E-state index in [1.807, 2.05) is 0 Å². The molecule has 4 saturated heterocycles. The molecule has 1 aromatic rings. The Labute approximate surface area is 160 Å². The van der Waals surface area contributed by atoms with Crippen molar-refractivity contribution in [2.75, 3.05) is 42.5 Å². The third kappa shape index (κ3) is 3.26. The van der Waals surface area contributed by atoms with Gasteiger partial charge in [-0.3, -0.25) is 4.79 Å².